The minimum atomic E-state index is -1.16. The molecule has 0 radical (unpaired) electrons. The molecule has 0 aliphatic heterocycles. The average molecular weight is 463 g/mol. The number of carbonyl (C=O) groups is 1. The smallest absolute Gasteiger partial charge is 0.314 e. The first-order valence-electron chi connectivity index (χ1n) is 13.2. The third kappa shape index (κ3) is 5.54. The summed E-state index contributed by atoms with van der Waals surface area (Å²) in [5.41, 5.74) is 0. The van der Waals surface area contributed by atoms with Crippen LogP contribution < -0.4 is 9.47 Å². The largest absolute Gasteiger partial charge is 0.494 e. The first-order valence-corrected chi connectivity index (χ1v) is 13.2. The summed E-state index contributed by atoms with van der Waals surface area (Å²) in [6.45, 7) is 2.28. The molecule has 0 aromatic heterocycles. The van der Waals surface area contributed by atoms with Crippen molar-refractivity contribution in [1.82, 2.24) is 0 Å². The van der Waals surface area contributed by atoms with Gasteiger partial charge in [-0.05, 0) is 80.2 Å². The Labute approximate surface area is 197 Å². The highest BCUT2D eigenvalue weighted by Crippen LogP contribution is 2.50. The van der Waals surface area contributed by atoms with Gasteiger partial charge in [0.05, 0.1) is 13.0 Å². The van der Waals surface area contributed by atoms with Crippen LogP contribution in [0.1, 0.15) is 90.4 Å². The molecule has 0 heterocycles. The van der Waals surface area contributed by atoms with Crippen LogP contribution in [0, 0.1) is 47.1 Å². The number of carbonyl (C=O) groups excluding carboxylic acids is 1. The van der Waals surface area contributed by atoms with Gasteiger partial charge >= 0.3 is 5.97 Å². The Balaban J connectivity index is 1.33. The summed E-state index contributed by atoms with van der Waals surface area (Å²) in [5, 5.41) is 0. The van der Waals surface area contributed by atoms with E-state index in [0.29, 0.717) is 11.8 Å². The van der Waals surface area contributed by atoms with Gasteiger partial charge in [0, 0.05) is 0 Å². The lowest BCUT2D eigenvalue weighted by Gasteiger charge is -2.46. The van der Waals surface area contributed by atoms with Crippen LogP contribution in [-0.2, 0) is 4.79 Å². The SMILES string of the molecule is CCCCC1CCC(C2CCC3C(CCCC3C(=O)Oc3ccc(OC)c(F)c3F)C2)CC1. The number of ether oxygens (including phenoxy) is 2. The lowest BCUT2D eigenvalue weighted by Crippen LogP contribution is -2.40. The maximum Gasteiger partial charge on any atom is 0.314 e. The molecule has 4 atom stereocenters. The summed E-state index contributed by atoms with van der Waals surface area (Å²) in [7, 11) is 1.28. The van der Waals surface area contributed by atoms with E-state index < -0.39 is 17.6 Å². The van der Waals surface area contributed by atoms with Crippen LogP contribution in [0.15, 0.2) is 12.1 Å². The van der Waals surface area contributed by atoms with E-state index >= 15 is 0 Å². The van der Waals surface area contributed by atoms with Crippen molar-refractivity contribution in [1.29, 1.82) is 0 Å². The molecule has 4 unspecified atom stereocenters. The normalized spacial score (nSPS) is 32.1. The molecule has 3 aliphatic rings. The summed E-state index contributed by atoms with van der Waals surface area (Å²) in [6, 6.07) is 2.58. The monoisotopic (exact) mass is 462 g/mol. The highest BCUT2D eigenvalue weighted by molar-refractivity contribution is 5.75. The van der Waals surface area contributed by atoms with Gasteiger partial charge in [0.15, 0.2) is 11.5 Å². The summed E-state index contributed by atoms with van der Waals surface area (Å²) < 4.78 is 38.6. The molecular formula is C28H40F2O3. The van der Waals surface area contributed by atoms with Crippen molar-refractivity contribution < 1.29 is 23.0 Å². The zero-order valence-electron chi connectivity index (χ0n) is 20.3. The molecule has 5 heteroatoms. The number of hydrogen-bond donors (Lipinski definition) is 0. The molecule has 1 aromatic rings. The molecule has 0 bridgehead atoms. The van der Waals surface area contributed by atoms with Gasteiger partial charge in [0.2, 0.25) is 11.6 Å². The number of benzene rings is 1. The van der Waals surface area contributed by atoms with Gasteiger partial charge in [0.1, 0.15) is 0 Å². The first kappa shape index (κ1) is 24.5. The standard InChI is InChI=1S/C28H40F2O3/c1-3-4-6-18-9-11-19(12-10-18)20-13-14-22-21(17-20)7-5-8-23(22)28(31)33-25-16-15-24(32-2)26(29)27(25)30/h15-16,18-23H,3-14,17H2,1-2H3. The lowest BCUT2D eigenvalue weighted by molar-refractivity contribution is -0.144. The highest BCUT2D eigenvalue weighted by atomic mass is 19.2. The van der Waals surface area contributed by atoms with E-state index in [1.54, 1.807) is 0 Å². The second-order valence-corrected chi connectivity index (χ2v) is 10.8. The van der Waals surface area contributed by atoms with Crippen LogP contribution in [0.3, 0.4) is 0 Å². The Hall–Kier alpha value is -1.65. The van der Waals surface area contributed by atoms with E-state index in [4.69, 9.17) is 9.47 Å². The van der Waals surface area contributed by atoms with Crippen LogP contribution in [0.5, 0.6) is 11.5 Å². The van der Waals surface area contributed by atoms with Gasteiger partial charge in [-0.2, -0.15) is 8.78 Å². The summed E-state index contributed by atoms with van der Waals surface area (Å²) >= 11 is 0. The number of hydrogen-bond acceptors (Lipinski definition) is 3. The number of unbranched alkanes of at least 4 members (excludes halogenated alkanes) is 1. The Morgan fingerprint density at radius 1 is 0.909 bits per heavy atom. The van der Waals surface area contributed by atoms with Gasteiger partial charge in [-0.25, -0.2) is 0 Å². The molecule has 0 amide bonds. The number of fused-ring (bicyclic) bond motifs is 1. The Morgan fingerprint density at radius 3 is 2.33 bits per heavy atom. The van der Waals surface area contributed by atoms with Crippen LogP contribution in [0.2, 0.25) is 0 Å². The van der Waals surface area contributed by atoms with Gasteiger partial charge in [-0.1, -0.05) is 51.9 Å². The predicted molar refractivity (Wildman–Crippen MR) is 125 cm³/mol. The second kappa shape index (κ2) is 11.2. The van der Waals surface area contributed by atoms with Crippen molar-refractivity contribution in [2.24, 2.45) is 35.5 Å². The van der Waals surface area contributed by atoms with Crippen molar-refractivity contribution in [2.45, 2.75) is 90.4 Å². The maximum absolute atomic E-state index is 14.3. The molecule has 0 saturated heterocycles. The lowest BCUT2D eigenvalue weighted by atomic mass is 9.59. The van der Waals surface area contributed by atoms with E-state index in [-0.39, 0.29) is 17.4 Å². The highest BCUT2D eigenvalue weighted by Gasteiger charge is 2.43. The fourth-order valence-electron chi connectivity index (χ4n) is 7.10. The fourth-order valence-corrected chi connectivity index (χ4v) is 7.10. The average Bonchev–Trinajstić information content (AvgIpc) is 2.85. The van der Waals surface area contributed by atoms with Crippen molar-refractivity contribution in [3.63, 3.8) is 0 Å². The third-order valence-corrected chi connectivity index (χ3v) is 8.96. The van der Waals surface area contributed by atoms with Gasteiger partial charge in [-0.15, -0.1) is 0 Å². The molecule has 184 valence electrons. The number of esters is 1. The second-order valence-electron chi connectivity index (χ2n) is 10.8. The molecule has 3 aliphatic carbocycles. The number of rotatable bonds is 7. The Morgan fingerprint density at radius 2 is 1.61 bits per heavy atom. The van der Waals surface area contributed by atoms with Gasteiger partial charge < -0.3 is 9.47 Å². The topological polar surface area (TPSA) is 35.5 Å². The molecule has 4 rings (SSSR count). The predicted octanol–water partition coefficient (Wildman–Crippen LogP) is 7.71. The van der Waals surface area contributed by atoms with Crippen molar-refractivity contribution in [3.05, 3.63) is 23.8 Å². The van der Waals surface area contributed by atoms with Crippen molar-refractivity contribution in [2.75, 3.05) is 7.11 Å². The number of halogens is 2. The van der Waals surface area contributed by atoms with E-state index in [0.717, 1.165) is 37.0 Å². The minimum Gasteiger partial charge on any atom is -0.494 e. The van der Waals surface area contributed by atoms with Gasteiger partial charge in [-0.3, -0.25) is 4.79 Å². The molecule has 3 saturated carbocycles. The third-order valence-electron chi connectivity index (χ3n) is 8.96. The van der Waals surface area contributed by atoms with Crippen LogP contribution >= 0.6 is 0 Å². The Kier molecular flexibility index (Phi) is 8.29. The van der Waals surface area contributed by atoms with E-state index in [1.807, 2.05) is 0 Å². The van der Waals surface area contributed by atoms with Crippen molar-refractivity contribution in [3.8, 4) is 11.5 Å². The first-order chi connectivity index (χ1) is 16.0. The van der Waals surface area contributed by atoms with Crippen LogP contribution in [0.25, 0.3) is 0 Å². The maximum atomic E-state index is 14.3. The Bertz CT molecular complexity index is 803. The molecule has 0 spiro atoms. The zero-order chi connectivity index (χ0) is 23.4. The summed E-state index contributed by atoms with van der Waals surface area (Å²) in [6.07, 6.45) is 16.1. The molecule has 3 fully saturated rings. The summed E-state index contributed by atoms with van der Waals surface area (Å²) in [4.78, 5) is 13.0. The summed E-state index contributed by atoms with van der Waals surface area (Å²) in [5.74, 6) is 0.0459. The van der Waals surface area contributed by atoms with Gasteiger partial charge in [0.25, 0.3) is 0 Å². The van der Waals surface area contributed by atoms with Crippen molar-refractivity contribution >= 4 is 5.97 Å². The molecule has 1 aromatic carbocycles. The van der Waals surface area contributed by atoms with Crippen LogP contribution in [0.4, 0.5) is 8.78 Å². The molecule has 3 nitrogen and oxygen atoms in total. The van der Waals surface area contributed by atoms with Crippen LogP contribution in [-0.4, -0.2) is 13.1 Å². The fraction of sp³-hybridized carbons (Fsp3) is 0.750. The zero-order valence-corrected chi connectivity index (χ0v) is 20.3. The van der Waals surface area contributed by atoms with E-state index in [1.165, 1.54) is 83.5 Å². The molecule has 0 N–H and O–H groups in total. The molecular weight excluding hydrogens is 422 g/mol. The van der Waals surface area contributed by atoms with E-state index in [9.17, 15) is 13.6 Å². The molecule has 33 heavy (non-hydrogen) atoms. The number of methoxy groups -OCH3 is 1. The van der Waals surface area contributed by atoms with E-state index in [2.05, 4.69) is 6.92 Å². The quantitative estimate of drug-likeness (QED) is 0.307. The minimum absolute atomic E-state index is 0.192.